The highest BCUT2D eigenvalue weighted by Crippen LogP contribution is 2.35. The van der Waals surface area contributed by atoms with Crippen LogP contribution in [0.15, 0.2) is 30.6 Å². The Kier molecular flexibility index (Phi) is 2.59. The van der Waals surface area contributed by atoms with E-state index in [9.17, 15) is 0 Å². The largest absolute Gasteiger partial charge is 0.454 e. The molecule has 94 valence electrons. The fourth-order valence-corrected chi connectivity index (χ4v) is 2.10. The minimum Gasteiger partial charge on any atom is -0.454 e. The SMILES string of the molecule is CC(Nc1ccc2c(c1)OCO2)c1nccn1C. The third kappa shape index (κ3) is 1.88. The maximum Gasteiger partial charge on any atom is 0.231 e. The topological polar surface area (TPSA) is 48.3 Å². The second-order valence-corrected chi connectivity index (χ2v) is 4.33. The van der Waals surface area contributed by atoms with E-state index < -0.39 is 0 Å². The molecule has 0 fully saturated rings. The van der Waals surface area contributed by atoms with Crippen molar-refractivity contribution in [1.82, 2.24) is 9.55 Å². The minimum absolute atomic E-state index is 0.130. The van der Waals surface area contributed by atoms with Crippen molar-refractivity contribution >= 4 is 5.69 Å². The zero-order chi connectivity index (χ0) is 12.5. The van der Waals surface area contributed by atoms with Crippen LogP contribution in [0.3, 0.4) is 0 Å². The van der Waals surface area contributed by atoms with E-state index in [0.29, 0.717) is 6.79 Å². The van der Waals surface area contributed by atoms with Gasteiger partial charge in [0.2, 0.25) is 6.79 Å². The molecule has 0 aliphatic carbocycles. The lowest BCUT2D eigenvalue weighted by Gasteiger charge is -2.15. The van der Waals surface area contributed by atoms with Gasteiger partial charge in [0.1, 0.15) is 5.82 Å². The quantitative estimate of drug-likeness (QED) is 0.901. The van der Waals surface area contributed by atoms with Crippen molar-refractivity contribution in [2.45, 2.75) is 13.0 Å². The summed E-state index contributed by atoms with van der Waals surface area (Å²) in [5, 5.41) is 3.40. The molecule has 0 spiro atoms. The predicted octanol–water partition coefficient (Wildman–Crippen LogP) is 2.32. The standard InChI is InChI=1S/C13H15N3O2/c1-9(13-14-5-6-16(13)2)15-10-3-4-11-12(7-10)18-8-17-11/h3-7,9,15H,8H2,1-2H3. The summed E-state index contributed by atoms with van der Waals surface area (Å²) in [5.41, 5.74) is 0.995. The van der Waals surface area contributed by atoms with Gasteiger partial charge in [-0.05, 0) is 19.1 Å². The van der Waals surface area contributed by atoms with Crippen molar-refractivity contribution in [1.29, 1.82) is 0 Å². The first kappa shape index (κ1) is 11.0. The summed E-state index contributed by atoms with van der Waals surface area (Å²) < 4.78 is 12.6. The molecule has 0 saturated heterocycles. The molecule has 0 radical (unpaired) electrons. The number of imidazole rings is 1. The number of nitrogens with one attached hydrogen (secondary N) is 1. The first-order valence-corrected chi connectivity index (χ1v) is 5.87. The molecule has 2 heterocycles. The van der Waals surface area contributed by atoms with Gasteiger partial charge in [0.25, 0.3) is 0 Å². The highest BCUT2D eigenvalue weighted by Gasteiger charge is 2.15. The number of ether oxygens (including phenoxy) is 2. The molecular formula is C13H15N3O2. The van der Waals surface area contributed by atoms with Gasteiger partial charge in [-0.3, -0.25) is 0 Å². The molecule has 1 N–H and O–H groups in total. The number of fused-ring (bicyclic) bond motifs is 1. The van der Waals surface area contributed by atoms with Gasteiger partial charge in [-0.2, -0.15) is 0 Å². The van der Waals surface area contributed by atoms with Gasteiger partial charge in [-0.15, -0.1) is 0 Å². The minimum atomic E-state index is 0.130. The summed E-state index contributed by atoms with van der Waals surface area (Å²) in [5.74, 6) is 2.57. The highest BCUT2D eigenvalue weighted by atomic mass is 16.7. The van der Waals surface area contributed by atoms with Crippen molar-refractivity contribution in [2.24, 2.45) is 7.05 Å². The molecule has 2 aromatic rings. The maximum absolute atomic E-state index is 5.35. The lowest BCUT2D eigenvalue weighted by molar-refractivity contribution is 0.174. The van der Waals surface area contributed by atoms with Crippen LogP contribution >= 0.6 is 0 Å². The van der Waals surface area contributed by atoms with E-state index in [1.165, 1.54) is 0 Å². The smallest absolute Gasteiger partial charge is 0.231 e. The summed E-state index contributed by atoms with van der Waals surface area (Å²) in [6.07, 6.45) is 3.74. The molecule has 1 unspecified atom stereocenters. The Morgan fingerprint density at radius 2 is 2.17 bits per heavy atom. The predicted molar refractivity (Wildman–Crippen MR) is 67.8 cm³/mol. The summed E-state index contributed by atoms with van der Waals surface area (Å²) in [7, 11) is 1.99. The van der Waals surface area contributed by atoms with Crippen LogP contribution in [0.4, 0.5) is 5.69 Å². The summed E-state index contributed by atoms with van der Waals surface area (Å²) in [6.45, 7) is 2.38. The molecule has 1 aliphatic rings. The number of hydrogen-bond acceptors (Lipinski definition) is 4. The van der Waals surface area contributed by atoms with Gasteiger partial charge < -0.3 is 19.4 Å². The Labute approximate surface area is 105 Å². The average Bonchev–Trinajstić information content (AvgIpc) is 2.96. The first-order valence-electron chi connectivity index (χ1n) is 5.87. The maximum atomic E-state index is 5.35. The Balaban J connectivity index is 1.79. The third-order valence-electron chi connectivity index (χ3n) is 3.00. The number of hydrogen-bond donors (Lipinski definition) is 1. The van der Waals surface area contributed by atoms with Crippen LogP contribution in [-0.2, 0) is 7.05 Å². The molecule has 0 amide bonds. The average molecular weight is 245 g/mol. The summed E-state index contributed by atoms with van der Waals surface area (Å²) >= 11 is 0. The Bertz CT molecular complexity index is 565. The third-order valence-corrected chi connectivity index (χ3v) is 3.00. The molecule has 0 bridgehead atoms. The van der Waals surface area contributed by atoms with Crippen molar-refractivity contribution < 1.29 is 9.47 Å². The van der Waals surface area contributed by atoms with Crippen LogP contribution in [0.25, 0.3) is 0 Å². The number of benzene rings is 1. The molecule has 1 aliphatic heterocycles. The van der Waals surface area contributed by atoms with E-state index in [0.717, 1.165) is 23.0 Å². The van der Waals surface area contributed by atoms with E-state index in [4.69, 9.17) is 9.47 Å². The van der Waals surface area contributed by atoms with E-state index in [2.05, 4.69) is 17.2 Å². The Morgan fingerprint density at radius 3 is 2.94 bits per heavy atom. The van der Waals surface area contributed by atoms with Crippen LogP contribution in [0.2, 0.25) is 0 Å². The monoisotopic (exact) mass is 245 g/mol. The Hall–Kier alpha value is -2.17. The second-order valence-electron chi connectivity index (χ2n) is 4.33. The molecular weight excluding hydrogens is 230 g/mol. The fourth-order valence-electron chi connectivity index (χ4n) is 2.10. The lowest BCUT2D eigenvalue weighted by atomic mass is 10.2. The molecule has 1 aromatic carbocycles. The Morgan fingerprint density at radius 1 is 1.33 bits per heavy atom. The van der Waals surface area contributed by atoms with Crippen LogP contribution in [0, 0.1) is 0 Å². The van der Waals surface area contributed by atoms with Gasteiger partial charge in [0, 0.05) is 31.2 Å². The van der Waals surface area contributed by atoms with Crippen LogP contribution in [-0.4, -0.2) is 16.3 Å². The van der Waals surface area contributed by atoms with Crippen LogP contribution in [0.5, 0.6) is 11.5 Å². The number of aryl methyl sites for hydroxylation is 1. The lowest BCUT2D eigenvalue weighted by Crippen LogP contribution is -2.11. The van der Waals surface area contributed by atoms with Gasteiger partial charge in [0.15, 0.2) is 11.5 Å². The van der Waals surface area contributed by atoms with E-state index in [-0.39, 0.29) is 6.04 Å². The number of aromatic nitrogens is 2. The van der Waals surface area contributed by atoms with Crippen LogP contribution < -0.4 is 14.8 Å². The molecule has 3 rings (SSSR count). The number of rotatable bonds is 3. The fraction of sp³-hybridized carbons (Fsp3) is 0.308. The van der Waals surface area contributed by atoms with Crippen molar-refractivity contribution in [3.8, 4) is 11.5 Å². The first-order chi connectivity index (χ1) is 8.74. The van der Waals surface area contributed by atoms with Crippen molar-refractivity contribution in [2.75, 3.05) is 12.1 Å². The highest BCUT2D eigenvalue weighted by molar-refractivity contribution is 5.56. The number of anilines is 1. The van der Waals surface area contributed by atoms with E-state index >= 15 is 0 Å². The zero-order valence-corrected chi connectivity index (χ0v) is 10.4. The molecule has 1 atom stereocenters. The van der Waals surface area contributed by atoms with E-state index in [1.807, 2.05) is 36.0 Å². The molecule has 5 heteroatoms. The molecule has 5 nitrogen and oxygen atoms in total. The molecule has 1 aromatic heterocycles. The summed E-state index contributed by atoms with van der Waals surface area (Å²) in [6, 6.07) is 5.97. The molecule has 18 heavy (non-hydrogen) atoms. The summed E-state index contributed by atoms with van der Waals surface area (Å²) in [4.78, 5) is 4.33. The van der Waals surface area contributed by atoms with Crippen LogP contribution in [0.1, 0.15) is 18.8 Å². The van der Waals surface area contributed by atoms with Gasteiger partial charge in [-0.25, -0.2) is 4.98 Å². The van der Waals surface area contributed by atoms with E-state index in [1.54, 1.807) is 6.20 Å². The van der Waals surface area contributed by atoms with Gasteiger partial charge in [0.05, 0.1) is 6.04 Å². The number of nitrogens with zero attached hydrogens (tertiary/aromatic N) is 2. The van der Waals surface area contributed by atoms with Gasteiger partial charge in [-0.1, -0.05) is 0 Å². The second kappa shape index (κ2) is 4.25. The zero-order valence-electron chi connectivity index (χ0n) is 10.4. The molecule has 0 saturated carbocycles. The normalized spacial score (nSPS) is 14.6. The van der Waals surface area contributed by atoms with Gasteiger partial charge >= 0.3 is 0 Å². The van der Waals surface area contributed by atoms with Crippen molar-refractivity contribution in [3.63, 3.8) is 0 Å². The van der Waals surface area contributed by atoms with Crippen molar-refractivity contribution in [3.05, 3.63) is 36.4 Å².